The molecule has 15 atom stereocenters. The standard InChI is InChI=1S/C81H89N3O18/c1-57(85)97-77-73(93-51-64-38-21-8-22-39-64)70(90-48-61-32-15-5-16-33-61)67(54-87-46-59-28-11-3-12-29-59)99-80(77)96-56-69-72(92-50-63-36-19-7-20-37-63)75(76(95-53-66-42-25-10-26-43-66)79(100-69)89-45-27-44-83-84-82)102-81-78(98-58(2)86)74(94-52-65-40-23-9-24-41-65)71(91-49-62-34-17-6-18-35-62)68(101-81)55-88-47-60-30-13-4-14-31-60/h3-26,28-43,67-81H,27,44-56H2,1-2H3/t67-,68-,69-,70-,71-,72-,73+,74+,75+,76+,77+,78+,79+,80+,81-/m1/s1. The number of benzene rings is 8. The van der Waals surface area contributed by atoms with Crippen molar-refractivity contribution in [2.45, 2.75) is 165 Å². The van der Waals surface area contributed by atoms with Gasteiger partial charge in [-0.1, -0.05) is 248 Å². The molecule has 3 fully saturated rings. The molecule has 0 aromatic heterocycles. The second-order valence-corrected chi connectivity index (χ2v) is 25.0. The number of nitrogens with zero attached hydrogens (tertiary/aromatic N) is 3. The molecule has 0 amide bonds. The third kappa shape index (κ3) is 22.7. The van der Waals surface area contributed by atoms with Crippen LogP contribution in [0.1, 0.15) is 64.8 Å². The zero-order valence-electron chi connectivity index (χ0n) is 57.3. The van der Waals surface area contributed by atoms with Gasteiger partial charge in [0, 0.05) is 31.9 Å². The molecule has 0 unspecified atom stereocenters. The Hall–Kier alpha value is -8.55. The summed E-state index contributed by atoms with van der Waals surface area (Å²) in [6, 6.07) is 77.4. The number of hydrogen-bond acceptors (Lipinski definition) is 19. The molecule has 0 spiro atoms. The first-order valence-corrected chi connectivity index (χ1v) is 34.6. The van der Waals surface area contributed by atoms with E-state index in [0.717, 1.165) is 44.5 Å². The average molecular weight is 1390 g/mol. The van der Waals surface area contributed by atoms with E-state index in [-0.39, 0.29) is 92.2 Å². The maximum atomic E-state index is 13.9. The van der Waals surface area contributed by atoms with Gasteiger partial charge in [0.15, 0.2) is 31.1 Å². The average Bonchev–Trinajstić information content (AvgIpc) is 0.772. The van der Waals surface area contributed by atoms with Crippen LogP contribution in [-0.2, 0) is 138 Å². The lowest BCUT2D eigenvalue weighted by Crippen LogP contribution is -2.67. The summed E-state index contributed by atoms with van der Waals surface area (Å²) < 4.78 is 111. The first-order chi connectivity index (χ1) is 50.2. The van der Waals surface area contributed by atoms with Gasteiger partial charge in [-0.05, 0) is 56.5 Å². The molecule has 0 radical (unpaired) electrons. The fourth-order valence-electron chi connectivity index (χ4n) is 12.4. The third-order valence-corrected chi connectivity index (χ3v) is 17.3. The summed E-state index contributed by atoms with van der Waals surface area (Å²) >= 11 is 0. The molecule has 3 aliphatic heterocycles. The minimum Gasteiger partial charge on any atom is -0.454 e. The Kier molecular flexibility index (Phi) is 29.5. The van der Waals surface area contributed by atoms with Crippen LogP contribution in [0, 0.1) is 0 Å². The van der Waals surface area contributed by atoms with Crippen LogP contribution in [0.2, 0.25) is 0 Å². The van der Waals surface area contributed by atoms with Gasteiger partial charge in [0.05, 0.1) is 72.7 Å². The number of hydrogen-bond donors (Lipinski definition) is 0. The summed E-state index contributed by atoms with van der Waals surface area (Å²) in [7, 11) is 0. The van der Waals surface area contributed by atoms with Crippen LogP contribution < -0.4 is 0 Å². The highest BCUT2D eigenvalue weighted by Crippen LogP contribution is 2.39. The Morgan fingerprint density at radius 2 is 0.618 bits per heavy atom. The predicted octanol–water partition coefficient (Wildman–Crippen LogP) is 13.1. The van der Waals surface area contributed by atoms with E-state index in [4.69, 9.17) is 75.8 Å². The SMILES string of the molecule is CC(=O)O[C@@H]1[C@@H](OC[C@H]2O[C@H](OCCCN=[N+]=[N-])[C@@H](OCc3ccccc3)[C@@H](O[C@H]3O[C@H](COCc4ccccc4)[C@@H](OCc4ccccc4)[C@H](OCc4ccccc4)[C@@H]3OC(C)=O)[C@@H]2OCc2ccccc2)O[C@H](COCc2ccccc2)[C@@H](OCc2ccccc2)[C@@H]1OCc1ccccc1. The van der Waals surface area contributed by atoms with Crippen molar-refractivity contribution in [3.05, 3.63) is 298 Å². The molecule has 8 aromatic rings. The molecule has 0 saturated carbocycles. The minimum atomic E-state index is -1.49. The molecule has 102 heavy (non-hydrogen) atoms. The predicted molar refractivity (Wildman–Crippen MR) is 375 cm³/mol. The van der Waals surface area contributed by atoms with Gasteiger partial charge in [-0.25, -0.2) is 0 Å². The Labute approximate surface area is 595 Å². The van der Waals surface area contributed by atoms with Crippen LogP contribution in [0.3, 0.4) is 0 Å². The van der Waals surface area contributed by atoms with Crippen LogP contribution in [0.5, 0.6) is 0 Å². The van der Waals surface area contributed by atoms with Crippen molar-refractivity contribution in [2.75, 3.05) is 33.0 Å². The normalized spacial score (nSPS) is 24.8. The monoisotopic (exact) mass is 1390 g/mol. The molecular weight excluding hydrogens is 1300 g/mol. The molecule has 536 valence electrons. The fraction of sp³-hybridized carbons (Fsp3) is 0.383. The number of rotatable bonds is 38. The van der Waals surface area contributed by atoms with Gasteiger partial charge in [-0.2, -0.15) is 0 Å². The summed E-state index contributed by atoms with van der Waals surface area (Å²) in [5.74, 6) is -1.29. The second-order valence-electron chi connectivity index (χ2n) is 25.0. The van der Waals surface area contributed by atoms with E-state index >= 15 is 0 Å². The Bertz CT molecular complexity index is 3730. The van der Waals surface area contributed by atoms with E-state index in [1.807, 2.05) is 243 Å². The van der Waals surface area contributed by atoms with E-state index in [1.54, 1.807) is 0 Å². The van der Waals surface area contributed by atoms with Crippen molar-refractivity contribution < 1.29 is 85.4 Å². The highest BCUT2D eigenvalue weighted by atomic mass is 16.8. The van der Waals surface area contributed by atoms with Crippen molar-refractivity contribution in [1.29, 1.82) is 0 Å². The second kappa shape index (κ2) is 40.3. The lowest BCUT2D eigenvalue weighted by atomic mass is 9.95. The molecule has 21 nitrogen and oxygen atoms in total. The van der Waals surface area contributed by atoms with Crippen molar-refractivity contribution >= 4 is 11.9 Å². The van der Waals surface area contributed by atoms with Crippen LogP contribution in [0.4, 0.5) is 0 Å². The Morgan fingerprint density at radius 1 is 0.333 bits per heavy atom. The van der Waals surface area contributed by atoms with Crippen LogP contribution >= 0.6 is 0 Å². The number of carbonyl (C=O) groups excluding carboxylic acids is 2. The topological polar surface area (TPSA) is 231 Å². The molecule has 0 aliphatic carbocycles. The van der Waals surface area contributed by atoms with Gasteiger partial charge in [0.2, 0.25) is 0 Å². The zero-order chi connectivity index (χ0) is 70.3. The van der Waals surface area contributed by atoms with Gasteiger partial charge in [-0.15, -0.1) is 0 Å². The highest BCUT2D eigenvalue weighted by Gasteiger charge is 2.57. The van der Waals surface area contributed by atoms with E-state index in [1.165, 1.54) is 13.8 Å². The van der Waals surface area contributed by atoms with Crippen LogP contribution in [0.25, 0.3) is 10.4 Å². The quantitative estimate of drug-likeness (QED) is 0.0115. The van der Waals surface area contributed by atoms with Gasteiger partial charge in [-0.3, -0.25) is 9.59 Å². The fourth-order valence-corrected chi connectivity index (χ4v) is 12.4. The molecule has 8 aromatic carbocycles. The molecular formula is C81H89N3O18. The smallest absolute Gasteiger partial charge is 0.303 e. The van der Waals surface area contributed by atoms with E-state index in [9.17, 15) is 15.1 Å². The lowest BCUT2D eigenvalue weighted by Gasteiger charge is -2.50. The maximum absolute atomic E-state index is 13.9. The molecule has 3 aliphatic rings. The summed E-state index contributed by atoms with van der Waals surface area (Å²) in [6.07, 6.45) is -17.1. The highest BCUT2D eigenvalue weighted by molar-refractivity contribution is 5.66. The minimum absolute atomic E-state index is 0.00552. The van der Waals surface area contributed by atoms with Crippen LogP contribution in [0.15, 0.2) is 248 Å². The van der Waals surface area contributed by atoms with Crippen molar-refractivity contribution in [2.24, 2.45) is 5.11 Å². The van der Waals surface area contributed by atoms with Gasteiger partial charge in [0.25, 0.3) is 0 Å². The molecule has 21 heteroatoms. The third-order valence-electron chi connectivity index (χ3n) is 17.3. The zero-order valence-corrected chi connectivity index (χ0v) is 57.3. The van der Waals surface area contributed by atoms with Crippen LogP contribution in [-0.4, -0.2) is 137 Å². The Balaban J connectivity index is 1.00. The molecule has 11 rings (SSSR count). The van der Waals surface area contributed by atoms with Crippen molar-refractivity contribution in [1.82, 2.24) is 0 Å². The van der Waals surface area contributed by atoms with Crippen molar-refractivity contribution in [3.8, 4) is 0 Å². The molecule has 3 heterocycles. The van der Waals surface area contributed by atoms with E-state index in [0.29, 0.717) is 0 Å². The number of esters is 2. The lowest BCUT2D eigenvalue weighted by molar-refractivity contribution is -0.380. The molecule has 0 N–H and O–H groups in total. The number of azide groups is 1. The van der Waals surface area contributed by atoms with Gasteiger partial charge >= 0.3 is 11.9 Å². The first kappa shape index (κ1) is 74.6. The number of ether oxygens (including phenoxy) is 16. The van der Waals surface area contributed by atoms with E-state index < -0.39 is 104 Å². The summed E-state index contributed by atoms with van der Waals surface area (Å²) in [5.41, 5.74) is 16.3. The summed E-state index contributed by atoms with van der Waals surface area (Å²) in [4.78, 5) is 30.5. The maximum Gasteiger partial charge on any atom is 0.303 e. The summed E-state index contributed by atoms with van der Waals surface area (Å²) in [6.45, 7) is 3.29. The molecule has 3 saturated heterocycles. The summed E-state index contributed by atoms with van der Waals surface area (Å²) in [5, 5.41) is 3.79. The molecule has 0 bridgehead atoms. The largest absolute Gasteiger partial charge is 0.454 e. The van der Waals surface area contributed by atoms with E-state index in [2.05, 4.69) is 10.0 Å². The first-order valence-electron chi connectivity index (χ1n) is 34.6. The van der Waals surface area contributed by atoms with Gasteiger partial charge < -0.3 is 75.8 Å². The van der Waals surface area contributed by atoms with Crippen molar-refractivity contribution in [3.63, 3.8) is 0 Å². The Morgan fingerprint density at radius 3 is 0.961 bits per heavy atom. The van der Waals surface area contributed by atoms with Gasteiger partial charge in [0.1, 0.15) is 61.0 Å². The number of carbonyl (C=O) groups is 2.